The average molecular weight is 1390 g/mol. The highest BCUT2D eigenvalue weighted by molar-refractivity contribution is 9.10. The van der Waals surface area contributed by atoms with Crippen LogP contribution in [-0.4, -0.2) is 55.4 Å². The summed E-state index contributed by atoms with van der Waals surface area (Å²) in [7, 11) is -0.358. The van der Waals surface area contributed by atoms with E-state index in [9.17, 15) is 33.6 Å². The lowest BCUT2D eigenvalue weighted by Gasteiger charge is -2.32. The zero-order chi connectivity index (χ0) is 63.8. The van der Waals surface area contributed by atoms with Gasteiger partial charge in [0.15, 0.2) is 18.9 Å². The van der Waals surface area contributed by atoms with Crippen LogP contribution in [0.5, 0.6) is 0 Å². The summed E-state index contributed by atoms with van der Waals surface area (Å²) in [6.45, 7) is 19.4. The van der Waals surface area contributed by atoms with Gasteiger partial charge < -0.3 is 27.6 Å². The molecule has 1 aliphatic heterocycles. The Morgan fingerprint density at radius 3 is 0.989 bits per heavy atom. The number of rotatable bonds is 34. The molecule has 1 saturated heterocycles. The van der Waals surface area contributed by atoms with Crippen LogP contribution in [0.1, 0.15) is 239 Å². The van der Waals surface area contributed by atoms with Crippen molar-refractivity contribution in [2.75, 3.05) is 0 Å². The molecule has 7 aromatic rings. The molecule has 7 aromatic heterocycles. The summed E-state index contributed by atoms with van der Waals surface area (Å²) in [5.74, 6) is 0. The first-order valence-corrected chi connectivity index (χ1v) is 36.4. The number of thiophene rings is 3. The van der Waals surface area contributed by atoms with Gasteiger partial charge in [0.05, 0.1) is 68.0 Å². The largest absolute Gasteiger partial charge is 0.505 e. The zero-order valence-electron chi connectivity index (χ0n) is 53.3. The van der Waals surface area contributed by atoms with E-state index in [-0.39, 0.29) is 40.6 Å². The molecule has 0 amide bonds. The minimum atomic E-state index is -0.358. The van der Waals surface area contributed by atoms with E-state index in [0.29, 0.717) is 60.9 Å². The van der Waals surface area contributed by atoms with Crippen molar-refractivity contribution in [3.63, 3.8) is 0 Å². The second-order valence-corrected chi connectivity index (χ2v) is 29.2. The van der Waals surface area contributed by atoms with Crippen LogP contribution in [0.25, 0.3) is 42.9 Å². The number of unbranched alkanes of at least 4 members (excludes halogenated alkanes) is 20. The summed E-state index contributed by atoms with van der Waals surface area (Å²) in [5, 5.41) is 0. The second kappa shape index (κ2) is 36.4. The molecule has 0 aromatic carbocycles. The number of carbonyl (C=O) groups excluding carboxylic acids is 3. The molecular formula is C69H93BBr2N4O9S3. The molecule has 0 spiro atoms. The van der Waals surface area contributed by atoms with Crippen molar-refractivity contribution in [1.82, 2.24) is 18.3 Å². The molecule has 0 unspecified atom stereocenters. The van der Waals surface area contributed by atoms with Gasteiger partial charge in [-0.15, -0.1) is 34.0 Å². The summed E-state index contributed by atoms with van der Waals surface area (Å²) in [6, 6.07) is 18.1. The van der Waals surface area contributed by atoms with E-state index in [1.54, 1.807) is 18.2 Å². The van der Waals surface area contributed by atoms with Crippen molar-refractivity contribution in [2.24, 2.45) is 0 Å². The monoisotopic (exact) mass is 1390 g/mol. The van der Waals surface area contributed by atoms with Crippen LogP contribution in [0.4, 0.5) is 0 Å². The van der Waals surface area contributed by atoms with Crippen molar-refractivity contribution in [2.45, 2.75) is 247 Å². The van der Waals surface area contributed by atoms with Crippen molar-refractivity contribution >= 4 is 119 Å². The van der Waals surface area contributed by atoms with Crippen molar-refractivity contribution in [3.8, 4) is 20.9 Å². The third kappa shape index (κ3) is 19.7. The molecule has 478 valence electrons. The highest BCUT2D eigenvalue weighted by Gasteiger charge is 2.52. The third-order valence-corrected chi connectivity index (χ3v) is 21.1. The van der Waals surface area contributed by atoms with Crippen LogP contribution in [0, 0.1) is 0 Å². The Kier molecular flexibility index (Phi) is 30.0. The van der Waals surface area contributed by atoms with E-state index in [1.165, 1.54) is 124 Å². The molecule has 8 heterocycles. The summed E-state index contributed by atoms with van der Waals surface area (Å²) in [4.78, 5) is 90.5. The normalized spacial score (nSPS) is 13.4. The summed E-state index contributed by atoms with van der Waals surface area (Å²) >= 11 is 10.9. The Morgan fingerprint density at radius 1 is 0.398 bits per heavy atom. The standard InChI is InChI=1S/C34H42N2O4S2.C24H36Br2N2O2.C11H15BO3S/c1-3-5-7-9-11-13-19-35-29-21-28(32-18-16-26(24-38)42-32)34(40)36(20-14-12-10-8-6-4-2)30(29)22-27(33(35)39)31-17-15-25(23-37)41-31;1-3-5-7-9-11-13-15-27-21-17-20(26)24(30)28(16-14-12-10-8-6-4-2)22(21)18-19(25)23(27)29;1-10(2)11(3,4)15-12(14-10)9-6-5-8(7-13)16-9/h15-18,21-24H,3-14,19-20H2,1-2H3;17-18H,3-16H2,1-2H3;5-7H,1-4H3. The fraction of sp³-hybridized carbons (Fsp3) is 0.551. The Balaban J connectivity index is 0.000000232. The molecule has 1 fully saturated rings. The SMILES string of the molecule is CC1(C)OB(c2ccc(C=O)s2)OC1(C)C.CCCCCCCCn1c(=O)c(-c2ccc(C=O)s2)cc2c1cc(-c1ccc(C=O)s1)c(=O)n2CCCCCCCC.CCCCCCCCn1c(=O)c(Br)cc2c1cc(Br)c(=O)n2CCCCCCCC. The molecular weight excluding hydrogens is 1300 g/mol. The second-order valence-electron chi connectivity index (χ2n) is 24.1. The number of halogens is 2. The fourth-order valence-electron chi connectivity index (χ4n) is 11.0. The van der Waals surface area contributed by atoms with Gasteiger partial charge in [-0.05, 0) is 140 Å². The van der Waals surface area contributed by atoms with Gasteiger partial charge in [-0.3, -0.25) is 33.6 Å². The number of fused-ring (bicyclic) bond motifs is 2. The van der Waals surface area contributed by atoms with E-state index < -0.39 is 0 Å². The lowest BCUT2D eigenvalue weighted by atomic mass is 9.88. The number of carbonyl (C=O) groups is 3. The molecule has 0 atom stereocenters. The number of pyridine rings is 4. The zero-order valence-corrected chi connectivity index (χ0v) is 58.9. The highest BCUT2D eigenvalue weighted by atomic mass is 79.9. The van der Waals surface area contributed by atoms with Gasteiger partial charge in [0.2, 0.25) is 0 Å². The third-order valence-electron chi connectivity index (χ3n) is 16.8. The molecule has 19 heteroatoms. The molecule has 88 heavy (non-hydrogen) atoms. The van der Waals surface area contributed by atoms with E-state index in [1.807, 2.05) is 88.4 Å². The van der Waals surface area contributed by atoms with Crippen LogP contribution in [0.3, 0.4) is 0 Å². The predicted molar refractivity (Wildman–Crippen MR) is 377 cm³/mol. The molecule has 1 aliphatic rings. The number of aryl methyl sites for hydroxylation is 4. The maximum absolute atomic E-state index is 14.1. The number of hydrogen-bond donors (Lipinski definition) is 0. The van der Waals surface area contributed by atoms with Crippen molar-refractivity contribution < 1.29 is 23.7 Å². The van der Waals surface area contributed by atoms with Gasteiger partial charge in [0.1, 0.15) is 0 Å². The van der Waals surface area contributed by atoms with Crippen LogP contribution in [0.15, 0.2) is 88.8 Å². The van der Waals surface area contributed by atoms with E-state index >= 15 is 0 Å². The van der Waals surface area contributed by atoms with Gasteiger partial charge in [0, 0.05) is 40.7 Å². The smallest absolute Gasteiger partial charge is 0.399 e. The van der Waals surface area contributed by atoms with E-state index in [4.69, 9.17) is 9.31 Å². The minimum Gasteiger partial charge on any atom is -0.399 e. The van der Waals surface area contributed by atoms with Crippen LogP contribution in [-0.2, 0) is 35.5 Å². The van der Waals surface area contributed by atoms with Crippen LogP contribution in [0.2, 0.25) is 0 Å². The maximum atomic E-state index is 14.1. The Bertz CT molecular complexity index is 3420. The first kappa shape index (κ1) is 72.4. The van der Waals surface area contributed by atoms with Crippen molar-refractivity contribution in [1.29, 1.82) is 0 Å². The van der Waals surface area contributed by atoms with Crippen LogP contribution < -0.4 is 27.0 Å². The Labute approximate surface area is 550 Å². The quantitative estimate of drug-likeness (QED) is 0.0217. The Morgan fingerprint density at radius 2 is 0.682 bits per heavy atom. The first-order chi connectivity index (χ1) is 42.4. The molecule has 0 saturated carbocycles. The summed E-state index contributed by atoms with van der Waals surface area (Å²) < 4.78 is 21.1. The minimum absolute atomic E-state index is 0.0206. The fourth-order valence-corrected chi connectivity index (χ4v) is 14.3. The highest BCUT2D eigenvalue weighted by Crippen LogP contribution is 2.37. The molecule has 13 nitrogen and oxygen atoms in total. The number of aldehydes is 3. The molecule has 0 aliphatic carbocycles. The van der Waals surface area contributed by atoms with Gasteiger partial charge in [-0.25, -0.2) is 0 Å². The van der Waals surface area contributed by atoms with Gasteiger partial charge >= 0.3 is 7.12 Å². The molecule has 8 rings (SSSR count). The van der Waals surface area contributed by atoms with Crippen molar-refractivity contribution in [3.05, 3.63) is 126 Å². The van der Waals surface area contributed by atoms with E-state index in [0.717, 1.165) is 120 Å². The van der Waals surface area contributed by atoms with Crippen LogP contribution >= 0.6 is 65.9 Å². The first-order valence-electron chi connectivity index (χ1n) is 32.3. The number of aromatic nitrogens is 4. The van der Waals surface area contributed by atoms with E-state index in [2.05, 4.69) is 59.6 Å². The summed E-state index contributed by atoms with van der Waals surface area (Å²) in [6.07, 6.45) is 29.9. The number of nitrogens with zero attached hydrogens (tertiary/aromatic N) is 4. The predicted octanol–water partition coefficient (Wildman–Crippen LogP) is 18.2. The topological polar surface area (TPSA) is 158 Å². The summed E-state index contributed by atoms with van der Waals surface area (Å²) in [5.41, 5.74) is 3.30. The van der Waals surface area contributed by atoms with Gasteiger partial charge in [-0.1, -0.05) is 162 Å². The lowest BCUT2D eigenvalue weighted by molar-refractivity contribution is 0.00578. The van der Waals surface area contributed by atoms with Gasteiger partial charge in [-0.2, -0.15) is 0 Å². The molecule has 0 bridgehead atoms. The average Bonchev–Trinajstić information content (AvgIpc) is 2.52. The lowest BCUT2D eigenvalue weighted by Crippen LogP contribution is -2.41. The Hall–Kier alpha value is -4.63. The molecule has 0 radical (unpaired) electrons. The van der Waals surface area contributed by atoms with Gasteiger partial charge in [0.25, 0.3) is 22.2 Å². The maximum Gasteiger partial charge on any atom is 0.505 e. The number of hydrogen-bond acceptors (Lipinski definition) is 12. The molecule has 0 N–H and O–H groups in total.